The van der Waals surface area contributed by atoms with Crippen LogP contribution in [0.2, 0.25) is 0 Å². The van der Waals surface area contributed by atoms with Crippen LogP contribution in [0.25, 0.3) is 0 Å². The van der Waals surface area contributed by atoms with Crippen LogP contribution >= 0.6 is 0 Å². The molecular formula is C20H23N3O4. The molecule has 0 aromatic heterocycles. The Morgan fingerprint density at radius 1 is 0.963 bits per heavy atom. The van der Waals surface area contributed by atoms with Crippen molar-refractivity contribution in [3.05, 3.63) is 65.7 Å². The van der Waals surface area contributed by atoms with E-state index in [0.29, 0.717) is 11.6 Å². The molecule has 0 N–H and O–H groups in total. The number of methoxy groups -OCH3 is 1. The number of carbonyl (C=O) groups excluding carboxylic acids is 1. The van der Waals surface area contributed by atoms with E-state index in [-0.39, 0.29) is 6.61 Å². The molecule has 0 fully saturated rings. The SMILES string of the molecule is COC(=O)N(OC)c1ccccc1COC(C)=NN=C(C)c1ccccc1. The number of benzene rings is 2. The summed E-state index contributed by atoms with van der Waals surface area (Å²) >= 11 is 0. The van der Waals surface area contributed by atoms with Crippen molar-refractivity contribution in [3.63, 3.8) is 0 Å². The van der Waals surface area contributed by atoms with Crippen LogP contribution < -0.4 is 5.06 Å². The lowest BCUT2D eigenvalue weighted by Crippen LogP contribution is -2.30. The third-order valence-corrected chi connectivity index (χ3v) is 3.70. The van der Waals surface area contributed by atoms with Gasteiger partial charge in [0.15, 0.2) is 0 Å². The first-order valence-corrected chi connectivity index (χ1v) is 8.34. The van der Waals surface area contributed by atoms with Crippen LogP contribution in [0.5, 0.6) is 0 Å². The van der Waals surface area contributed by atoms with Crippen molar-refractivity contribution in [2.24, 2.45) is 10.2 Å². The van der Waals surface area contributed by atoms with Gasteiger partial charge in [-0.1, -0.05) is 48.5 Å². The predicted molar refractivity (Wildman–Crippen MR) is 105 cm³/mol. The topological polar surface area (TPSA) is 72.7 Å². The van der Waals surface area contributed by atoms with E-state index in [1.807, 2.05) is 49.4 Å². The first kappa shape index (κ1) is 20.1. The van der Waals surface area contributed by atoms with Crippen LogP contribution in [-0.4, -0.2) is 31.9 Å². The number of amides is 1. The summed E-state index contributed by atoms with van der Waals surface area (Å²) in [7, 11) is 2.68. The Morgan fingerprint density at radius 2 is 1.63 bits per heavy atom. The molecule has 2 rings (SSSR count). The maximum atomic E-state index is 11.8. The van der Waals surface area contributed by atoms with Gasteiger partial charge < -0.3 is 9.47 Å². The highest BCUT2D eigenvalue weighted by Crippen LogP contribution is 2.22. The van der Waals surface area contributed by atoms with Crippen molar-refractivity contribution in [2.45, 2.75) is 20.5 Å². The summed E-state index contributed by atoms with van der Waals surface area (Å²) in [4.78, 5) is 17.0. The Bertz CT molecular complexity index is 819. The number of hydrogen-bond donors (Lipinski definition) is 0. The zero-order chi connectivity index (χ0) is 19.6. The molecule has 0 unspecified atom stereocenters. The lowest BCUT2D eigenvalue weighted by Gasteiger charge is -2.20. The van der Waals surface area contributed by atoms with Gasteiger partial charge in [0.25, 0.3) is 0 Å². The molecule has 0 heterocycles. The molecule has 2 aromatic rings. The molecule has 0 saturated heterocycles. The standard InChI is InChI=1S/C20H23N3O4/c1-15(17-10-6-5-7-11-17)21-22-16(2)27-14-18-12-8-9-13-19(18)23(26-4)20(24)25-3/h5-13H,14H2,1-4H3. The van der Waals surface area contributed by atoms with Gasteiger partial charge in [-0.15, -0.1) is 5.10 Å². The summed E-state index contributed by atoms with van der Waals surface area (Å²) in [5.41, 5.74) is 3.05. The number of anilines is 1. The molecular weight excluding hydrogens is 346 g/mol. The van der Waals surface area contributed by atoms with Gasteiger partial charge in [-0.05, 0) is 18.6 Å². The van der Waals surface area contributed by atoms with Crippen LogP contribution in [0, 0.1) is 0 Å². The monoisotopic (exact) mass is 369 g/mol. The second-order valence-electron chi connectivity index (χ2n) is 5.53. The normalized spacial score (nSPS) is 11.9. The second kappa shape index (κ2) is 10.1. The third-order valence-electron chi connectivity index (χ3n) is 3.70. The molecule has 0 aliphatic heterocycles. The van der Waals surface area contributed by atoms with Gasteiger partial charge >= 0.3 is 6.09 Å². The van der Waals surface area contributed by atoms with Gasteiger partial charge in [-0.25, -0.2) is 4.79 Å². The summed E-state index contributed by atoms with van der Waals surface area (Å²) in [6.07, 6.45) is -0.626. The molecule has 0 bridgehead atoms. The second-order valence-corrected chi connectivity index (χ2v) is 5.53. The lowest BCUT2D eigenvalue weighted by molar-refractivity contribution is 0.115. The smallest absolute Gasteiger partial charge is 0.438 e. The van der Waals surface area contributed by atoms with Gasteiger partial charge in [-0.2, -0.15) is 10.2 Å². The van der Waals surface area contributed by atoms with Gasteiger partial charge in [0.05, 0.1) is 25.6 Å². The molecule has 0 spiro atoms. The van der Waals surface area contributed by atoms with Crippen molar-refractivity contribution in [3.8, 4) is 0 Å². The van der Waals surface area contributed by atoms with Crippen molar-refractivity contribution < 1.29 is 19.1 Å². The summed E-state index contributed by atoms with van der Waals surface area (Å²) in [6.45, 7) is 3.80. The molecule has 2 aromatic carbocycles. The van der Waals surface area contributed by atoms with E-state index < -0.39 is 6.09 Å². The Labute approximate surface area is 158 Å². The van der Waals surface area contributed by atoms with Gasteiger partial charge in [0.1, 0.15) is 6.61 Å². The number of rotatable bonds is 6. The van der Waals surface area contributed by atoms with Crippen molar-refractivity contribution >= 4 is 23.4 Å². The molecule has 0 atom stereocenters. The van der Waals surface area contributed by atoms with Gasteiger partial charge in [0, 0.05) is 12.5 Å². The fraction of sp³-hybridized carbons (Fsp3) is 0.250. The number of hydrogen-bond acceptors (Lipinski definition) is 6. The van der Waals surface area contributed by atoms with Gasteiger partial charge in [0.2, 0.25) is 5.90 Å². The highest BCUT2D eigenvalue weighted by Gasteiger charge is 2.19. The molecule has 0 saturated carbocycles. The fourth-order valence-electron chi connectivity index (χ4n) is 2.28. The van der Waals surface area contributed by atoms with E-state index in [1.54, 1.807) is 19.1 Å². The van der Waals surface area contributed by atoms with E-state index in [4.69, 9.17) is 14.3 Å². The van der Waals surface area contributed by atoms with Crippen LogP contribution in [0.15, 0.2) is 64.8 Å². The quantitative estimate of drug-likeness (QED) is 0.435. The third kappa shape index (κ3) is 5.65. The first-order chi connectivity index (χ1) is 13.1. The minimum Gasteiger partial charge on any atom is -0.475 e. The van der Waals surface area contributed by atoms with Crippen molar-refractivity contribution in [1.82, 2.24) is 0 Å². The number of carbonyl (C=O) groups is 1. The van der Waals surface area contributed by atoms with Crippen molar-refractivity contribution in [1.29, 1.82) is 0 Å². The average molecular weight is 369 g/mol. The minimum absolute atomic E-state index is 0.197. The first-order valence-electron chi connectivity index (χ1n) is 8.34. The largest absolute Gasteiger partial charge is 0.475 e. The minimum atomic E-state index is -0.626. The molecule has 142 valence electrons. The number of para-hydroxylation sites is 1. The predicted octanol–water partition coefficient (Wildman–Crippen LogP) is 4.18. The van der Waals surface area contributed by atoms with Crippen LogP contribution in [0.4, 0.5) is 10.5 Å². The maximum Gasteiger partial charge on any atom is 0.438 e. The summed E-state index contributed by atoms with van der Waals surface area (Å²) in [6, 6.07) is 17.0. The Kier molecular flexibility index (Phi) is 7.51. The van der Waals surface area contributed by atoms with E-state index >= 15 is 0 Å². The van der Waals surface area contributed by atoms with E-state index in [1.165, 1.54) is 14.2 Å². The molecule has 1 amide bonds. The van der Waals surface area contributed by atoms with E-state index in [2.05, 4.69) is 10.2 Å². The maximum absolute atomic E-state index is 11.8. The highest BCUT2D eigenvalue weighted by molar-refractivity contribution is 5.98. The summed E-state index contributed by atoms with van der Waals surface area (Å²) < 4.78 is 10.4. The lowest BCUT2D eigenvalue weighted by atomic mass is 10.1. The Morgan fingerprint density at radius 3 is 2.30 bits per heavy atom. The molecule has 0 aliphatic carbocycles. The molecule has 27 heavy (non-hydrogen) atoms. The molecule has 0 aliphatic rings. The zero-order valence-electron chi connectivity index (χ0n) is 15.9. The Balaban J connectivity index is 2.09. The molecule has 7 nitrogen and oxygen atoms in total. The van der Waals surface area contributed by atoms with E-state index in [9.17, 15) is 4.79 Å². The van der Waals surface area contributed by atoms with Crippen molar-refractivity contribution in [2.75, 3.05) is 19.3 Å². The summed E-state index contributed by atoms with van der Waals surface area (Å²) in [5, 5.41) is 9.36. The number of ether oxygens (including phenoxy) is 2. The van der Waals surface area contributed by atoms with Crippen LogP contribution in [-0.2, 0) is 20.9 Å². The Hall–Kier alpha value is -3.19. The molecule has 0 radical (unpaired) electrons. The highest BCUT2D eigenvalue weighted by atomic mass is 16.7. The average Bonchev–Trinajstić information content (AvgIpc) is 2.72. The van der Waals surface area contributed by atoms with E-state index in [0.717, 1.165) is 21.9 Å². The summed E-state index contributed by atoms with van der Waals surface area (Å²) in [5.74, 6) is 0.405. The van der Waals surface area contributed by atoms with Gasteiger partial charge in [-0.3, -0.25) is 4.84 Å². The number of hydroxylamine groups is 1. The zero-order valence-corrected chi connectivity index (χ0v) is 15.9. The molecule has 7 heteroatoms. The van der Waals surface area contributed by atoms with Crippen LogP contribution in [0.3, 0.4) is 0 Å². The van der Waals surface area contributed by atoms with Crippen LogP contribution in [0.1, 0.15) is 25.0 Å². The number of nitrogens with zero attached hydrogens (tertiary/aromatic N) is 3. The fourth-order valence-corrected chi connectivity index (χ4v) is 2.28.